The van der Waals surface area contributed by atoms with Crippen LogP contribution >= 0.6 is 11.3 Å². The Morgan fingerprint density at radius 1 is 1.11 bits per heavy atom. The monoisotopic (exact) mass is 527 g/mol. The molecular weight excluding hydrogens is 496 g/mol. The second-order valence-corrected chi connectivity index (χ2v) is 10.5. The van der Waals surface area contributed by atoms with E-state index in [4.69, 9.17) is 10.7 Å². The summed E-state index contributed by atoms with van der Waals surface area (Å²) in [5.74, 6) is -0.104. The number of fused-ring (bicyclic) bond motifs is 1. The lowest BCUT2D eigenvalue weighted by Gasteiger charge is -2.28. The first-order chi connectivity index (χ1) is 17.6. The number of hydrogen-bond donors (Lipinski definition) is 4. The van der Waals surface area contributed by atoms with Crippen molar-refractivity contribution in [3.05, 3.63) is 53.4 Å². The number of nitrogens with one attached hydrogen (secondary N) is 2. The molecule has 0 aliphatic heterocycles. The molecule has 3 aromatic heterocycles. The van der Waals surface area contributed by atoms with Crippen LogP contribution in [0.25, 0.3) is 20.8 Å². The van der Waals surface area contributed by atoms with Gasteiger partial charge in [0.1, 0.15) is 28.0 Å². The molecule has 0 saturated carbocycles. The van der Waals surface area contributed by atoms with Crippen molar-refractivity contribution >= 4 is 39.1 Å². The highest BCUT2D eigenvalue weighted by molar-refractivity contribution is 7.21. The lowest BCUT2D eigenvalue weighted by Crippen LogP contribution is -2.31. The number of aryl methyl sites for hydroxylation is 1. The van der Waals surface area contributed by atoms with Gasteiger partial charge in [0.2, 0.25) is 5.95 Å². The number of nitrogens with zero attached hydrogens (tertiary/aromatic N) is 4. The van der Waals surface area contributed by atoms with Crippen molar-refractivity contribution in [3.8, 4) is 10.6 Å². The van der Waals surface area contributed by atoms with Crippen LogP contribution in [0.2, 0.25) is 0 Å². The fourth-order valence-corrected chi connectivity index (χ4v) is 5.38. The third-order valence-corrected chi connectivity index (χ3v) is 7.44. The number of pyridine rings is 1. The Kier molecular flexibility index (Phi) is 7.84. The molecule has 0 spiro atoms. The van der Waals surface area contributed by atoms with Crippen LogP contribution in [-0.2, 0) is 6.54 Å². The third kappa shape index (κ3) is 5.94. The van der Waals surface area contributed by atoms with Crippen molar-refractivity contribution in [1.29, 1.82) is 0 Å². The van der Waals surface area contributed by atoms with Crippen molar-refractivity contribution in [2.75, 3.05) is 22.9 Å². The molecule has 0 fully saturated rings. The zero-order valence-electron chi connectivity index (χ0n) is 21.3. The number of benzene rings is 1. The molecule has 0 aliphatic rings. The Balaban J connectivity index is 1.68. The van der Waals surface area contributed by atoms with Gasteiger partial charge in [0, 0.05) is 24.8 Å². The number of nitrogen functional groups attached to an aromatic ring is 1. The maximum atomic E-state index is 14.1. The molecule has 11 heteroatoms. The van der Waals surface area contributed by atoms with Gasteiger partial charge in [-0.15, -0.1) is 11.3 Å². The summed E-state index contributed by atoms with van der Waals surface area (Å²) in [5.41, 5.74) is 7.08. The van der Waals surface area contributed by atoms with E-state index in [0.717, 1.165) is 11.1 Å². The Morgan fingerprint density at radius 2 is 1.84 bits per heavy atom. The Morgan fingerprint density at radius 3 is 2.49 bits per heavy atom. The summed E-state index contributed by atoms with van der Waals surface area (Å²) in [5, 5.41) is 17.5. The topological polar surface area (TPSA) is 122 Å². The van der Waals surface area contributed by atoms with Gasteiger partial charge < -0.3 is 21.5 Å². The van der Waals surface area contributed by atoms with Gasteiger partial charge in [-0.25, -0.2) is 23.7 Å². The average molecular weight is 528 g/mol. The van der Waals surface area contributed by atoms with Crippen molar-refractivity contribution in [3.63, 3.8) is 0 Å². The fraction of sp³-hybridized carbons (Fsp3) is 0.385. The summed E-state index contributed by atoms with van der Waals surface area (Å²) >= 11 is 1.45. The summed E-state index contributed by atoms with van der Waals surface area (Å²) in [6, 6.07) is 5.60. The highest BCUT2D eigenvalue weighted by Gasteiger charge is 2.25. The van der Waals surface area contributed by atoms with Crippen molar-refractivity contribution in [2.24, 2.45) is 5.92 Å². The predicted octanol–water partition coefficient (Wildman–Crippen LogP) is 5.53. The highest BCUT2D eigenvalue weighted by atomic mass is 32.1. The molecule has 0 aliphatic carbocycles. The molecule has 1 aromatic carbocycles. The molecule has 5 N–H and O–H groups in total. The van der Waals surface area contributed by atoms with Gasteiger partial charge in [-0.1, -0.05) is 19.4 Å². The van der Waals surface area contributed by atoms with E-state index in [2.05, 4.69) is 25.6 Å². The third-order valence-electron chi connectivity index (χ3n) is 6.40. The van der Waals surface area contributed by atoms with Crippen LogP contribution in [0.3, 0.4) is 0 Å². The number of thiazole rings is 1. The second kappa shape index (κ2) is 10.9. The minimum atomic E-state index is -0.811. The Hall–Kier alpha value is -3.44. The first-order valence-corrected chi connectivity index (χ1v) is 12.9. The summed E-state index contributed by atoms with van der Waals surface area (Å²) in [7, 11) is 0. The van der Waals surface area contributed by atoms with E-state index in [1.807, 2.05) is 33.8 Å². The molecule has 196 valence electrons. The van der Waals surface area contributed by atoms with Gasteiger partial charge in [0.25, 0.3) is 0 Å². The standard InChI is InChI=1S/C26H31F2N7OS/c1-5-15(26(3,4)36)9-11-31-23-20(24-34-21-19(37-24)10-12-30-22(21)29)14(2)33-25(35-23)32-13-16-17(27)7-6-8-18(16)28/h6-8,10,12,15,36H,5,9,11,13H2,1-4H3,(H2,29,30)(H2,31,32,33,35). The van der Waals surface area contributed by atoms with E-state index in [0.29, 0.717) is 46.4 Å². The summed E-state index contributed by atoms with van der Waals surface area (Å²) in [6.07, 6.45) is 3.17. The van der Waals surface area contributed by atoms with Crippen LogP contribution in [0.4, 0.5) is 26.4 Å². The van der Waals surface area contributed by atoms with E-state index in [9.17, 15) is 13.9 Å². The first kappa shape index (κ1) is 26.6. The van der Waals surface area contributed by atoms with Gasteiger partial charge in [-0.2, -0.15) is 4.98 Å². The molecule has 1 unspecified atom stereocenters. The highest BCUT2D eigenvalue weighted by Crippen LogP contribution is 2.37. The van der Waals surface area contributed by atoms with Crippen molar-refractivity contribution in [1.82, 2.24) is 19.9 Å². The molecule has 37 heavy (non-hydrogen) atoms. The summed E-state index contributed by atoms with van der Waals surface area (Å²) < 4.78 is 29.1. The second-order valence-electron chi connectivity index (χ2n) is 9.45. The summed E-state index contributed by atoms with van der Waals surface area (Å²) in [4.78, 5) is 18.0. The maximum absolute atomic E-state index is 14.1. The zero-order valence-corrected chi connectivity index (χ0v) is 22.1. The van der Waals surface area contributed by atoms with E-state index < -0.39 is 17.2 Å². The zero-order chi connectivity index (χ0) is 26.7. The largest absolute Gasteiger partial charge is 0.390 e. The molecule has 3 heterocycles. The Labute approximate surface area is 218 Å². The normalized spacial score (nSPS) is 12.6. The molecule has 4 aromatic rings. The van der Waals surface area contributed by atoms with Gasteiger partial charge in [0.05, 0.1) is 21.6 Å². The number of rotatable bonds is 10. The van der Waals surface area contributed by atoms with Gasteiger partial charge in [-0.3, -0.25) is 0 Å². The number of halogens is 2. The van der Waals surface area contributed by atoms with Crippen molar-refractivity contribution in [2.45, 2.75) is 52.7 Å². The number of aliphatic hydroxyl groups is 1. The molecule has 8 nitrogen and oxygen atoms in total. The molecule has 0 amide bonds. The van der Waals surface area contributed by atoms with E-state index >= 15 is 0 Å². The van der Waals surface area contributed by atoms with E-state index in [1.54, 1.807) is 6.20 Å². The number of nitrogens with two attached hydrogens (primary N) is 1. The number of aromatic nitrogens is 4. The molecular formula is C26H31F2N7OS. The molecule has 4 rings (SSSR count). The fourth-order valence-electron chi connectivity index (χ4n) is 4.31. The minimum absolute atomic E-state index is 0.0846. The molecule has 0 bridgehead atoms. The molecule has 0 radical (unpaired) electrons. The van der Waals surface area contributed by atoms with E-state index in [-0.39, 0.29) is 24.0 Å². The maximum Gasteiger partial charge on any atom is 0.225 e. The van der Waals surface area contributed by atoms with Crippen molar-refractivity contribution < 1.29 is 13.9 Å². The minimum Gasteiger partial charge on any atom is -0.390 e. The van der Waals surface area contributed by atoms with Gasteiger partial charge in [0.15, 0.2) is 5.82 Å². The van der Waals surface area contributed by atoms with Crippen LogP contribution in [0.15, 0.2) is 30.5 Å². The predicted molar refractivity (Wildman–Crippen MR) is 144 cm³/mol. The van der Waals surface area contributed by atoms with Crippen LogP contribution < -0.4 is 16.4 Å². The molecule has 0 saturated heterocycles. The summed E-state index contributed by atoms with van der Waals surface area (Å²) in [6.45, 7) is 7.93. The van der Waals surface area contributed by atoms with Gasteiger partial charge >= 0.3 is 0 Å². The Bertz CT molecular complexity index is 1380. The van der Waals surface area contributed by atoms with Crippen LogP contribution in [-0.4, -0.2) is 37.2 Å². The van der Waals surface area contributed by atoms with Gasteiger partial charge in [-0.05, 0) is 51.3 Å². The SMILES string of the molecule is CCC(CCNc1nc(NCc2c(F)cccc2F)nc(C)c1-c1nc2c(N)nccc2s1)C(C)(C)O. The first-order valence-electron chi connectivity index (χ1n) is 12.1. The number of anilines is 3. The molecule has 1 atom stereocenters. The average Bonchev–Trinajstić information content (AvgIpc) is 3.25. The quantitative estimate of drug-likeness (QED) is 0.212. The van der Waals surface area contributed by atoms with Crippen LogP contribution in [0.5, 0.6) is 0 Å². The smallest absolute Gasteiger partial charge is 0.225 e. The number of hydrogen-bond acceptors (Lipinski definition) is 9. The van der Waals surface area contributed by atoms with E-state index in [1.165, 1.54) is 29.5 Å². The van der Waals surface area contributed by atoms with Crippen LogP contribution in [0.1, 0.15) is 44.9 Å². The lowest BCUT2D eigenvalue weighted by molar-refractivity contribution is 0.0130. The van der Waals surface area contributed by atoms with Crippen LogP contribution in [0, 0.1) is 24.5 Å². The lowest BCUT2D eigenvalue weighted by atomic mass is 9.86.